The molecule has 0 aliphatic rings. The lowest BCUT2D eigenvalue weighted by molar-refractivity contribution is -0.144. The number of ether oxygens (including phenoxy) is 1. The number of carbonyl (C=O) groups excluding carboxylic acids is 1. The Hall–Kier alpha value is -0.600. The van der Waals surface area contributed by atoms with Crippen molar-refractivity contribution in [1.82, 2.24) is 0 Å². The van der Waals surface area contributed by atoms with Gasteiger partial charge in [-0.1, -0.05) is 13.8 Å². The summed E-state index contributed by atoms with van der Waals surface area (Å²) in [5.41, 5.74) is -1.45. The van der Waals surface area contributed by atoms with Crippen LogP contribution in [0.2, 0.25) is 0 Å². The van der Waals surface area contributed by atoms with E-state index in [4.69, 9.17) is 0 Å². The van der Waals surface area contributed by atoms with Gasteiger partial charge >= 0.3 is 5.97 Å². The molecule has 0 N–H and O–H groups in total. The fourth-order valence-corrected chi connectivity index (χ4v) is 0.559. The van der Waals surface area contributed by atoms with E-state index in [9.17, 15) is 9.18 Å². The molecule has 66 valence electrons. The number of esters is 1. The van der Waals surface area contributed by atoms with Crippen molar-refractivity contribution in [3.8, 4) is 0 Å². The molecule has 0 bridgehead atoms. The lowest BCUT2D eigenvalue weighted by Gasteiger charge is -2.22. The van der Waals surface area contributed by atoms with Crippen LogP contribution in [0, 0.1) is 5.92 Å². The van der Waals surface area contributed by atoms with Gasteiger partial charge in [-0.2, -0.15) is 0 Å². The van der Waals surface area contributed by atoms with Crippen LogP contribution in [0.5, 0.6) is 0 Å². The first-order chi connectivity index (χ1) is 4.90. The van der Waals surface area contributed by atoms with Gasteiger partial charge in [0.1, 0.15) is 5.67 Å². The summed E-state index contributed by atoms with van der Waals surface area (Å²) in [7, 11) is 1.26. The summed E-state index contributed by atoms with van der Waals surface area (Å²) in [6.07, 6.45) is -0.166. The van der Waals surface area contributed by atoms with Crippen molar-refractivity contribution < 1.29 is 13.9 Å². The molecule has 0 aromatic rings. The Labute approximate surface area is 66.7 Å². The monoisotopic (exact) mass is 162 g/mol. The van der Waals surface area contributed by atoms with Crippen LogP contribution in [0.25, 0.3) is 0 Å². The zero-order chi connectivity index (χ0) is 9.07. The van der Waals surface area contributed by atoms with Crippen molar-refractivity contribution in [1.29, 1.82) is 0 Å². The average Bonchev–Trinajstić information content (AvgIpc) is 1.86. The summed E-state index contributed by atoms with van der Waals surface area (Å²) in [6, 6.07) is 0. The summed E-state index contributed by atoms with van der Waals surface area (Å²) in [4.78, 5) is 10.7. The molecular weight excluding hydrogens is 147 g/mol. The zero-order valence-corrected chi connectivity index (χ0v) is 7.48. The van der Waals surface area contributed by atoms with Crippen LogP contribution in [-0.4, -0.2) is 18.7 Å². The highest BCUT2D eigenvalue weighted by Gasteiger charge is 2.30. The molecule has 1 atom stereocenters. The predicted octanol–water partition coefficient (Wildman–Crippen LogP) is 1.93. The van der Waals surface area contributed by atoms with Gasteiger partial charge < -0.3 is 4.74 Å². The van der Waals surface area contributed by atoms with E-state index in [1.165, 1.54) is 14.0 Å². The van der Waals surface area contributed by atoms with Gasteiger partial charge in [0.2, 0.25) is 0 Å². The van der Waals surface area contributed by atoms with Crippen molar-refractivity contribution in [2.24, 2.45) is 5.92 Å². The third-order valence-corrected chi connectivity index (χ3v) is 1.92. The van der Waals surface area contributed by atoms with Gasteiger partial charge in [-0.3, -0.25) is 4.79 Å². The smallest absolute Gasteiger partial charge is 0.308 e. The molecule has 0 heterocycles. The van der Waals surface area contributed by atoms with E-state index < -0.39 is 11.6 Å². The van der Waals surface area contributed by atoms with Crippen LogP contribution in [0.4, 0.5) is 4.39 Å². The number of rotatable bonds is 3. The molecule has 0 aromatic carbocycles. The number of hydrogen-bond donors (Lipinski definition) is 0. The first kappa shape index (κ1) is 10.4. The summed E-state index contributed by atoms with van der Waals surface area (Å²) in [5, 5.41) is 0. The molecule has 3 heteroatoms. The van der Waals surface area contributed by atoms with Gasteiger partial charge in [0.05, 0.1) is 13.5 Å². The van der Waals surface area contributed by atoms with E-state index in [-0.39, 0.29) is 12.3 Å². The standard InChI is InChI=1S/C8H15FO2/c1-6(2)8(3,9)5-7(10)11-4/h6H,5H2,1-4H3. The molecule has 11 heavy (non-hydrogen) atoms. The van der Waals surface area contributed by atoms with E-state index >= 15 is 0 Å². The minimum Gasteiger partial charge on any atom is -0.469 e. The highest BCUT2D eigenvalue weighted by molar-refractivity contribution is 5.70. The first-order valence-corrected chi connectivity index (χ1v) is 3.66. The number of alkyl halides is 1. The van der Waals surface area contributed by atoms with Crippen LogP contribution in [0.3, 0.4) is 0 Å². The molecule has 2 nitrogen and oxygen atoms in total. The second-order valence-electron chi connectivity index (χ2n) is 3.19. The molecule has 0 amide bonds. The van der Waals surface area contributed by atoms with Gasteiger partial charge in [0.15, 0.2) is 0 Å². The number of carbonyl (C=O) groups is 1. The Morgan fingerprint density at radius 2 is 2.09 bits per heavy atom. The van der Waals surface area contributed by atoms with E-state index in [0.717, 1.165) is 0 Å². The largest absolute Gasteiger partial charge is 0.469 e. The highest BCUT2D eigenvalue weighted by Crippen LogP contribution is 2.25. The summed E-state index contributed by atoms with van der Waals surface area (Å²) in [6.45, 7) is 4.89. The molecule has 0 aliphatic heterocycles. The Morgan fingerprint density at radius 1 is 1.64 bits per heavy atom. The molecule has 0 spiro atoms. The summed E-state index contributed by atoms with van der Waals surface area (Å²) >= 11 is 0. The quantitative estimate of drug-likeness (QED) is 0.593. The molecular formula is C8H15FO2. The van der Waals surface area contributed by atoms with Crippen molar-refractivity contribution in [2.45, 2.75) is 32.9 Å². The molecule has 0 fully saturated rings. The Balaban J connectivity index is 4.01. The van der Waals surface area contributed by atoms with Crippen molar-refractivity contribution in [3.63, 3.8) is 0 Å². The SMILES string of the molecule is COC(=O)CC(C)(F)C(C)C. The average molecular weight is 162 g/mol. The van der Waals surface area contributed by atoms with Gasteiger partial charge in [-0.05, 0) is 12.8 Å². The Kier molecular flexibility index (Phi) is 3.49. The van der Waals surface area contributed by atoms with E-state index in [1.54, 1.807) is 13.8 Å². The van der Waals surface area contributed by atoms with E-state index in [2.05, 4.69) is 4.74 Å². The van der Waals surface area contributed by atoms with Gasteiger partial charge in [0, 0.05) is 0 Å². The molecule has 0 saturated heterocycles. The van der Waals surface area contributed by atoms with Gasteiger partial charge in [-0.15, -0.1) is 0 Å². The molecule has 0 radical (unpaired) electrons. The maximum atomic E-state index is 13.3. The number of methoxy groups -OCH3 is 1. The molecule has 0 aromatic heterocycles. The lowest BCUT2D eigenvalue weighted by atomic mass is 9.91. The van der Waals surface area contributed by atoms with Gasteiger partial charge in [-0.25, -0.2) is 4.39 Å². The Morgan fingerprint density at radius 3 is 2.36 bits per heavy atom. The van der Waals surface area contributed by atoms with E-state index in [1.807, 2.05) is 0 Å². The lowest BCUT2D eigenvalue weighted by Crippen LogP contribution is -2.29. The first-order valence-electron chi connectivity index (χ1n) is 3.66. The van der Waals surface area contributed by atoms with Crippen molar-refractivity contribution in [2.75, 3.05) is 7.11 Å². The third kappa shape index (κ3) is 3.35. The second kappa shape index (κ2) is 3.69. The van der Waals surface area contributed by atoms with Crippen LogP contribution < -0.4 is 0 Å². The maximum absolute atomic E-state index is 13.3. The predicted molar refractivity (Wildman–Crippen MR) is 41.0 cm³/mol. The molecule has 0 aliphatic carbocycles. The minimum atomic E-state index is -1.45. The number of hydrogen-bond acceptors (Lipinski definition) is 2. The Bertz CT molecular complexity index is 141. The normalized spacial score (nSPS) is 16.2. The highest BCUT2D eigenvalue weighted by atomic mass is 19.1. The topological polar surface area (TPSA) is 26.3 Å². The third-order valence-electron chi connectivity index (χ3n) is 1.92. The molecule has 1 unspecified atom stereocenters. The molecule has 0 rings (SSSR count). The summed E-state index contributed by atoms with van der Waals surface area (Å²) in [5.74, 6) is -0.662. The fourth-order valence-electron chi connectivity index (χ4n) is 0.559. The van der Waals surface area contributed by atoms with Crippen LogP contribution in [-0.2, 0) is 9.53 Å². The molecule has 0 saturated carbocycles. The van der Waals surface area contributed by atoms with Crippen LogP contribution in [0.1, 0.15) is 27.2 Å². The van der Waals surface area contributed by atoms with E-state index in [0.29, 0.717) is 0 Å². The number of halogens is 1. The fraction of sp³-hybridized carbons (Fsp3) is 0.875. The van der Waals surface area contributed by atoms with Crippen LogP contribution >= 0.6 is 0 Å². The zero-order valence-electron chi connectivity index (χ0n) is 7.48. The van der Waals surface area contributed by atoms with Crippen molar-refractivity contribution in [3.05, 3.63) is 0 Å². The summed E-state index contributed by atoms with van der Waals surface area (Å²) < 4.78 is 17.7. The van der Waals surface area contributed by atoms with Crippen molar-refractivity contribution >= 4 is 5.97 Å². The maximum Gasteiger partial charge on any atom is 0.308 e. The minimum absolute atomic E-state index is 0.165. The van der Waals surface area contributed by atoms with Crippen LogP contribution in [0.15, 0.2) is 0 Å². The second-order valence-corrected chi connectivity index (χ2v) is 3.19. The van der Waals surface area contributed by atoms with Gasteiger partial charge in [0.25, 0.3) is 0 Å².